The molecule has 0 unspecified atom stereocenters. The van der Waals surface area contributed by atoms with E-state index >= 15 is 0 Å². The first kappa shape index (κ1) is 18.6. The molecule has 2 aliphatic rings. The largest absolute Gasteiger partial charge is 0.335 e. The second-order valence-electron chi connectivity index (χ2n) is 6.83. The Kier molecular flexibility index (Phi) is 5.13. The summed E-state index contributed by atoms with van der Waals surface area (Å²) in [6, 6.07) is 8.22. The maximum absolute atomic E-state index is 12.6. The van der Waals surface area contributed by atoms with Crippen LogP contribution in [0, 0.1) is 0 Å². The Morgan fingerprint density at radius 3 is 2.19 bits per heavy atom. The smallest absolute Gasteiger partial charge is 0.290 e. The number of carbonyl (C=O) groups excluding carboxylic acids is 3. The van der Waals surface area contributed by atoms with Crippen LogP contribution < -0.4 is 0 Å². The van der Waals surface area contributed by atoms with Gasteiger partial charge >= 0.3 is 0 Å². The molecule has 0 aromatic heterocycles. The summed E-state index contributed by atoms with van der Waals surface area (Å²) in [6.07, 6.45) is 0.547. The predicted molar refractivity (Wildman–Crippen MR) is 95.1 cm³/mol. The molecule has 0 aliphatic carbocycles. The lowest BCUT2D eigenvalue weighted by Crippen LogP contribution is -2.62. The van der Waals surface area contributed by atoms with Gasteiger partial charge in [0.2, 0.25) is 11.7 Å². The number of hydrogen-bond donors (Lipinski definition) is 0. The molecule has 7 nitrogen and oxygen atoms in total. The van der Waals surface area contributed by atoms with Crippen molar-refractivity contribution >= 4 is 27.4 Å². The number of amides is 2. The van der Waals surface area contributed by atoms with Crippen LogP contribution in [0.15, 0.2) is 30.3 Å². The monoisotopic (exact) mass is 378 g/mol. The maximum Gasteiger partial charge on any atom is 0.290 e. The lowest BCUT2D eigenvalue weighted by molar-refractivity contribution is -0.151. The molecule has 2 atom stereocenters. The summed E-state index contributed by atoms with van der Waals surface area (Å²) in [5.74, 6) is -1.72. The second kappa shape index (κ2) is 7.19. The molecule has 2 aliphatic heterocycles. The second-order valence-corrected chi connectivity index (χ2v) is 8.99. The lowest BCUT2D eigenvalue weighted by atomic mass is 10.0. The van der Waals surface area contributed by atoms with E-state index in [-0.39, 0.29) is 36.9 Å². The van der Waals surface area contributed by atoms with Gasteiger partial charge in [-0.2, -0.15) is 0 Å². The maximum atomic E-state index is 12.6. The van der Waals surface area contributed by atoms with Crippen molar-refractivity contribution in [3.8, 4) is 0 Å². The normalized spacial score (nSPS) is 24.2. The minimum absolute atomic E-state index is 0.0832. The summed E-state index contributed by atoms with van der Waals surface area (Å²) in [5.41, 5.74) is 0.969. The van der Waals surface area contributed by atoms with Gasteiger partial charge < -0.3 is 9.80 Å². The van der Waals surface area contributed by atoms with Gasteiger partial charge in [0.05, 0.1) is 23.6 Å². The van der Waals surface area contributed by atoms with Crippen LogP contribution in [0.25, 0.3) is 0 Å². The highest BCUT2D eigenvalue weighted by atomic mass is 32.2. The number of benzene rings is 1. The van der Waals surface area contributed by atoms with E-state index < -0.39 is 33.6 Å². The first-order valence-electron chi connectivity index (χ1n) is 8.64. The summed E-state index contributed by atoms with van der Waals surface area (Å²) in [5, 5.41) is 0. The molecular formula is C18H22N2O5S. The van der Waals surface area contributed by atoms with Crippen molar-refractivity contribution in [3.05, 3.63) is 35.9 Å². The Hall–Kier alpha value is -2.22. The highest BCUT2D eigenvalue weighted by Gasteiger charge is 2.49. The first-order chi connectivity index (χ1) is 12.3. The molecule has 0 saturated carbocycles. The number of ketones is 1. The fourth-order valence-corrected chi connectivity index (χ4v) is 5.75. The van der Waals surface area contributed by atoms with Crippen LogP contribution in [0.4, 0.5) is 0 Å². The number of Topliss-reactive ketones (excluding diaryl/α,β-unsaturated/α-hetero) is 1. The van der Waals surface area contributed by atoms with Gasteiger partial charge in [-0.05, 0) is 12.0 Å². The standard InChI is InChI=1S/C18H22N2O5S/c1-13(21)19-9-10-20(16-12-26(24,25)11-15(16)19)18(23)17(22)8-7-14-5-3-2-4-6-14/h2-6,15-16H,7-12H2,1H3/t15-,16+/m0/s1. The Morgan fingerprint density at radius 1 is 1.00 bits per heavy atom. The van der Waals surface area contributed by atoms with Crippen molar-refractivity contribution in [3.63, 3.8) is 0 Å². The Bertz CT molecular complexity index is 821. The number of rotatable bonds is 4. The molecule has 2 amide bonds. The summed E-state index contributed by atoms with van der Waals surface area (Å²) in [7, 11) is -3.34. The van der Waals surface area contributed by atoms with E-state index in [0.717, 1.165) is 5.56 Å². The van der Waals surface area contributed by atoms with Crippen LogP contribution in [0.3, 0.4) is 0 Å². The summed E-state index contributed by atoms with van der Waals surface area (Å²) in [6.45, 7) is 1.83. The molecule has 140 valence electrons. The molecular weight excluding hydrogens is 356 g/mol. The number of piperazine rings is 1. The van der Waals surface area contributed by atoms with E-state index in [9.17, 15) is 22.8 Å². The number of sulfone groups is 1. The summed E-state index contributed by atoms with van der Waals surface area (Å²) in [4.78, 5) is 39.6. The highest BCUT2D eigenvalue weighted by molar-refractivity contribution is 7.91. The molecule has 0 bridgehead atoms. The molecule has 0 radical (unpaired) electrons. The molecule has 0 N–H and O–H groups in total. The van der Waals surface area contributed by atoms with Crippen molar-refractivity contribution < 1.29 is 22.8 Å². The fourth-order valence-electron chi connectivity index (χ4n) is 3.77. The molecule has 3 rings (SSSR count). The van der Waals surface area contributed by atoms with Crippen molar-refractivity contribution in [2.75, 3.05) is 24.6 Å². The van der Waals surface area contributed by atoms with Gasteiger partial charge in [-0.25, -0.2) is 8.42 Å². The zero-order valence-electron chi connectivity index (χ0n) is 14.6. The lowest BCUT2D eigenvalue weighted by Gasteiger charge is -2.43. The molecule has 2 heterocycles. The van der Waals surface area contributed by atoms with Crippen LogP contribution in [-0.2, 0) is 30.6 Å². The van der Waals surface area contributed by atoms with Gasteiger partial charge in [-0.1, -0.05) is 30.3 Å². The highest BCUT2D eigenvalue weighted by Crippen LogP contribution is 2.27. The van der Waals surface area contributed by atoms with Gasteiger partial charge in [0.25, 0.3) is 5.91 Å². The topological polar surface area (TPSA) is 91.8 Å². The average Bonchev–Trinajstić information content (AvgIpc) is 2.93. The van der Waals surface area contributed by atoms with E-state index in [1.54, 1.807) is 0 Å². The molecule has 2 saturated heterocycles. The molecule has 26 heavy (non-hydrogen) atoms. The molecule has 8 heteroatoms. The van der Waals surface area contributed by atoms with Crippen molar-refractivity contribution in [2.45, 2.75) is 31.8 Å². The van der Waals surface area contributed by atoms with Gasteiger partial charge in [-0.3, -0.25) is 14.4 Å². The van der Waals surface area contributed by atoms with Gasteiger partial charge in [0, 0.05) is 26.4 Å². The van der Waals surface area contributed by atoms with Crippen LogP contribution in [0.2, 0.25) is 0 Å². The third-order valence-corrected chi connectivity index (χ3v) is 6.76. The average molecular weight is 378 g/mol. The SMILES string of the molecule is CC(=O)N1CCN(C(=O)C(=O)CCc2ccccc2)[C@@H]2CS(=O)(=O)C[C@@H]21. The molecule has 1 aromatic rings. The van der Waals surface area contributed by atoms with Gasteiger partial charge in [0.15, 0.2) is 9.84 Å². The molecule has 1 aromatic carbocycles. The predicted octanol–water partition coefficient (Wildman–Crippen LogP) is 0.0446. The third-order valence-electron chi connectivity index (χ3n) is 5.06. The Morgan fingerprint density at radius 2 is 1.58 bits per heavy atom. The minimum atomic E-state index is -3.34. The molecule has 0 spiro atoms. The summed E-state index contributed by atoms with van der Waals surface area (Å²) < 4.78 is 24.1. The zero-order valence-corrected chi connectivity index (χ0v) is 15.4. The van der Waals surface area contributed by atoms with E-state index in [2.05, 4.69) is 0 Å². The van der Waals surface area contributed by atoms with Crippen LogP contribution >= 0.6 is 0 Å². The van der Waals surface area contributed by atoms with Crippen molar-refractivity contribution in [2.24, 2.45) is 0 Å². The number of hydrogen-bond acceptors (Lipinski definition) is 5. The number of carbonyl (C=O) groups is 3. The number of nitrogens with zero attached hydrogens (tertiary/aromatic N) is 2. The van der Waals surface area contributed by atoms with E-state index in [4.69, 9.17) is 0 Å². The van der Waals surface area contributed by atoms with E-state index in [1.165, 1.54) is 16.7 Å². The minimum Gasteiger partial charge on any atom is -0.335 e. The fraction of sp³-hybridized carbons (Fsp3) is 0.500. The number of aryl methyl sites for hydroxylation is 1. The zero-order chi connectivity index (χ0) is 18.9. The third kappa shape index (κ3) is 3.80. The van der Waals surface area contributed by atoms with Crippen LogP contribution in [-0.4, -0.2) is 72.5 Å². The first-order valence-corrected chi connectivity index (χ1v) is 10.5. The molecule has 2 fully saturated rings. The van der Waals surface area contributed by atoms with Crippen molar-refractivity contribution in [1.29, 1.82) is 0 Å². The number of fused-ring (bicyclic) bond motifs is 1. The Balaban J connectivity index is 1.70. The van der Waals surface area contributed by atoms with E-state index in [0.29, 0.717) is 6.42 Å². The van der Waals surface area contributed by atoms with Gasteiger partial charge in [-0.15, -0.1) is 0 Å². The Labute approximate surface area is 152 Å². The van der Waals surface area contributed by atoms with E-state index in [1.807, 2.05) is 30.3 Å². The quantitative estimate of drug-likeness (QED) is 0.690. The van der Waals surface area contributed by atoms with Crippen LogP contribution in [0.1, 0.15) is 18.9 Å². The van der Waals surface area contributed by atoms with Crippen molar-refractivity contribution in [1.82, 2.24) is 9.80 Å². The van der Waals surface area contributed by atoms with Gasteiger partial charge in [0.1, 0.15) is 0 Å². The van der Waals surface area contributed by atoms with Crippen LogP contribution in [0.5, 0.6) is 0 Å². The summed E-state index contributed by atoms with van der Waals surface area (Å²) >= 11 is 0.